The fourth-order valence-corrected chi connectivity index (χ4v) is 9.61. The third kappa shape index (κ3) is 61.8. The smallest absolute Gasteiger partial charge is 0.306 e. The molecule has 0 radical (unpaired) electrons. The number of esters is 3. The molecule has 0 heterocycles. The third-order valence-corrected chi connectivity index (χ3v) is 14.5. The van der Waals surface area contributed by atoms with Gasteiger partial charge in [0.15, 0.2) is 6.10 Å². The Bertz CT molecular complexity index is 1340. The number of hydrogen-bond acceptors (Lipinski definition) is 6. The quantitative estimate of drug-likeness (QED) is 0.0261. The number of ether oxygens (including phenoxy) is 3. The molecule has 0 aliphatic rings. The van der Waals surface area contributed by atoms with Gasteiger partial charge >= 0.3 is 17.9 Å². The van der Waals surface area contributed by atoms with Gasteiger partial charge in [-0.3, -0.25) is 14.4 Å². The van der Waals surface area contributed by atoms with Crippen molar-refractivity contribution in [3.63, 3.8) is 0 Å². The third-order valence-electron chi connectivity index (χ3n) is 14.5. The van der Waals surface area contributed by atoms with Crippen molar-refractivity contribution in [1.29, 1.82) is 0 Å². The lowest BCUT2D eigenvalue weighted by atomic mass is 10.0. The first-order valence-electron chi connectivity index (χ1n) is 32.8. The van der Waals surface area contributed by atoms with Crippen LogP contribution in [0.2, 0.25) is 0 Å². The first-order chi connectivity index (χ1) is 37.0. The molecule has 6 nitrogen and oxygen atoms in total. The van der Waals surface area contributed by atoms with Gasteiger partial charge in [0.2, 0.25) is 0 Å². The molecule has 0 rings (SSSR count). The summed E-state index contributed by atoms with van der Waals surface area (Å²) >= 11 is 0. The Balaban J connectivity index is 4.16. The van der Waals surface area contributed by atoms with E-state index < -0.39 is 6.10 Å². The van der Waals surface area contributed by atoms with Crippen LogP contribution in [0.15, 0.2) is 60.8 Å². The zero-order valence-electron chi connectivity index (χ0n) is 50.1. The summed E-state index contributed by atoms with van der Waals surface area (Å²) in [5.41, 5.74) is 0. The number of carbonyl (C=O) groups excluding carboxylic acids is 3. The molecule has 0 saturated carbocycles. The standard InChI is InChI=1S/C69H124O6/c1-4-7-10-13-16-19-21-23-25-27-29-31-32-33-34-35-36-38-39-41-43-45-47-50-53-56-59-62-68(71)74-65-66(64-73-67(70)61-58-55-52-49-18-15-12-9-6-3)75-69(72)63-60-57-54-51-48-46-44-42-40-37-30-28-26-24-22-20-17-14-11-8-5-2/h8,11,17,20,24,26-27,29-30,37,66H,4-7,9-10,12-16,18-19,21-23,25,28,31-36,38-65H2,1-3H3/b11-8-,20-17-,26-24-,29-27-,37-30-. The Morgan fingerprint density at radius 1 is 0.280 bits per heavy atom. The Hall–Kier alpha value is -2.89. The van der Waals surface area contributed by atoms with E-state index in [1.54, 1.807) is 0 Å². The molecule has 436 valence electrons. The summed E-state index contributed by atoms with van der Waals surface area (Å²) in [4.78, 5) is 38.2. The first-order valence-corrected chi connectivity index (χ1v) is 32.8. The second-order valence-electron chi connectivity index (χ2n) is 22.0. The Kier molecular flexibility index (Phi) is 61.2. The molecule has 0 aromatic carbocycles. The summed E-state index contributed by atoms with van der Waals surface area (Å²) < 4.78 is 16.9. The molecule has 0 saturated heterocycles. The number of allylic oxidation sites excluding steroid dienone is 10. The fraction of sp³-hybridized carbons (Fsp3) is 0.812. The molecule has 0 aromatic heterocycles. The maximum absolute atomic E-state index is 12.9. The van der Waals surface area contributed by atoms with E-state index in [9.17, 15) is 14.4 Å². The summed E-state index contributed by atoms with van der Waals surface area (Å²) in [7, 11) is 0. The maximum atomic E-state index is 12.9. The second kappa shape index (κ2) is 63.6. The van der Waals surface area contributed by atoms with Crippen molar-refractivity contribution in [3.05, 3.63) is 60.8 Å². The van der Waals surface area contributed by atoms with E-state index in [1.165, 1.54) is 212 Å². The van der Waals surface area contributed by atoms with E-state index in [0.29, 0.717) is 19.3 Å². The molecule has 0 spiro atoms. The van der Waals surface area contributed by atoms with Crippen LogP contribution in [0, 0.1) is 0 Å². The van der Waals surface area contributed by atoms with Crippen LogP contribution < -0.4 is 0 Å². The van der Waals surface area contributed by atoms with E-state index in [-0.39, 0.29) is 31.1 Å². The highest BCUT2D eigenvalue weighted by Crippen LogP contribution is 2.17. The molecule has 0 fully saturated rings. The van der Waals surface area contributed by atoms with Crippen LogP contribution in [0.1, 0.15) is 342 Å². The molecule has 0 aliphatic carbocycles. The van der Waals surface area contributed by atoms with Crippen molar-refractivity contribution in [2.75, 3.05) is 13.2 Å². The van der Waals surface area contributed by atoms with Gasteiger partial charge in [0.25, 0.3) is 0 Å². The molecule has 0 amide bonds. The highest BCUT2D eigenvalue weighted by atomic mass is 16.6. The molecule has 1 atom stereocenters. The lowest BCUT2D eigenvalue weighted by Crippen LogP contribution is -2.30. The van der Waals surface area contributed by atoms with E-state index in [1.807, 2.05) is 0 Å². The maximum Gasteiger partial charge on any atom is 0.306 e. The van der Waals surface area contributed by atoms with Gasteiger partial charge in [0.05, 0.1) is 0 Å². The van der Waals surface area contributed by atoms with Crippen LogP contribution >= 0.6 is 0 Å². The average Bonchev–Trinajstić information content (AvgIpc) is 3.41. The van der Waals surface area contributed by atoms with Crippen LogP contribution in [-0.4, -0.2) is 37.2 Å². The number of hydrogen-bond donors (Lipinski definition) is 0. The lowest BCUT2D eigenvalue weighted by molar-refractivity contribution is -0.167. The summed E-state index contributed by atoms with van der Waals surface area (Å²) in [6.07, 6.45) is 81.1. The average molecular weight is 1050 g/mol. The lowest BCUT2D eigenvalue weighted by Gasteiger charge is -2.18. The normalized spacial score (nSPS) is 12.4. The van der Waals surface area contributed by atoms with Crippen molar-refractivity contribution in [1.82, 2.24) is 0 Å². The summed E-state index contributed by atoms with van der Waals surface area (Å²) in [6, 6.07) is 0. The Morgan fingerprint density at radius 3 is 0.827 bits per heavy atom. The summed E-state index contributed by atoms with van der Waals surface area (Å²) in [5, 5.41) is 0. The molecule has 75 heavy (non-hydrogen) atoms. The highest BCUT2D eigenvalue weighted by Gasteiger charge is 2.19. The summed E-state index contributed by atoms with van der Waals surface area (Å²) in [5.74, 6) is -0.867. The summed E-state index contributed by atoms with van der Waals surface area (Å²) in [6.45, 7) is 6.55. The largest absolute Gasteiger partial charge is 0.462 e. The van der Waals surface area contributed by atoms with Crippen molar-refractivity contribution in [3.8, 4) is 0 Å². The highest BCUT2D eigenvalue weighted by molar-refractivity contribution is 5.71. The minimum Gasteiger partial charge on any atom is -0.462 e. The van der Waals surface area contributed by atoms with Gasteiger partial charge in [0, 0.05) is 19.3 Å². The zero-order chi connectivity index (χ0) is 54.3. The van der Waals surface area contributed by atoms with Crippen LogP contribution in [0.5, 0.6) is 0 Å². The van der Waals surface area contributed by atoms with Crippen molar-refractivity contribution >= 4 is 17.9 Å². The zero-order valence-corrected chi connectivity index (χ0v) is 50.1. The van der Waals surface area contributed by atoms with Crippen molar-refractivity contribution in [2.24, 2.45) is 0 Å². The number of rotatable bonds is 60. The molecule has 0 N–H and O–H groups in total. The molecule has 6 heteroatoms. The van der Waals surface area contributed by atoms with Gasteiger partial charge in [-0.25, -0.2) is 0 Å². The van der Waals surface area contributed by atoms with Gasteiger partial charge in [-0.1, -0.05) is 300 Å². The predicted molar refractivity (Wildman–Crippen MR) is 325 cm³/mol. The minimum atomic E-state index is -0.776. The SMILES string of the molecule is CC/C=C\C/C=C\C/C=C\C/C=C\CCCCCCCCCCC(=O)OC(COC(=O)CCCCCCCCCCC)COC(=O)CCCCCCCCCCCCCCCCC/C=C\CCCCCCCCCC. The molecule has 0 aliphatic heterocycles. The van der Waals surface area contributed by atoms with Gasteiger partial charge < -0.3 is 14.2 Å². The van der Waals surface area contributed by atoms with Crippen LogP contribution in [0.3, 0.4) is 0 Å². The second-order valence-corrected chi connectivity index (χ2v) is 22.0. The number of carbonyl (C=O) groups is 3. The van der Waals surface area contributed by atoms with Crippen molar-refractivity contribution in [2.45, 2.75) is 348 Å². The van der Waals surface area contributed by atoms with E-state index in [2.05, 4.69) is 81.5 Å². The molecular formula is C69H124O6. The first kappa shape index (κ1) is 72.1. The predicted octanol–water partition coefficient (Wildman–Crippen LogP) is 22.3. The van der Waals surface area contributed by atoms with Gasteiger partial charge in [-0.15, -0.1) is 0 Å². The van der Waals surface area contributed by atoms with Crippen LogP contribution in [0.25, 0.3) is 0 Å². The van der Waals surface area contributed by atoms with E-state index >= 15 is 0 Å². The topological polar surface area (TPSA) is 78.9 Å². The fourth-order valence-electron chi connectivity index (χ4n) is 9.61. The van der Waals surface area contributed by atoms with Gasteiger partial charge in [0.1, 0.15) is 13.2 Å². The van der Waals surface area contributed by atoms with E-state index in [4.69, 9.17) is 14.2 Å². The van der Waals surface area contributed by atoms with Gasteiger partial charge in [-0.2, -0.15) is 0 Å². The molecule has 0 aromatic rings. The van der Waals surface area contributed by atoms with E-state index in [0.717, 1.165) is 89.9 Å². The molecule has 0 bridgehead atoms. The molecular weight excluding hydrogens is 925 g/mol. The van der Waals surface area contributed by atoms with Crippen LogP contribution in [0.4, 0.5) is 0 Å². The van der Waals surface area contributed by atoms with Crippen LogP contribution in [-0.2, 0) is 28.6 Å². The monoisotopic (exact) mass is 1050 g/mol. The Morgan fingerprint density at radius 2 is 0.520 bits per heavy atom. The molecule has 1 unspecified atom stereocenters. The Labute approximate surface area is 466 Å². The minimum absolute atomic E-state index is 0.0739. The van der Waals surface area contributed by atoms with Crippen molar-refractivity contribution < 1.29 is 28.6 Å². The van der Waals surface area contributed by atoms with Gasteiger partial charge in [-0.05, 0) is 83.5 Å². The number of unbranched alkanes of at least 4 members (excludes halogenated alkanes) is 39.